The Hall–Kier alpha value is -2.98. The van der Waals surface area contributed by atoms with Gasteiger partial charge in [0.05, 0.1) is 11.1 Å². The molecule has 0 aliphatic heterocycles. The lowest BCUT2D eigenvalue weighted by Gasteiger charge is -1.98. The average Bonchev–Trinajstić information content (AvgIpc) is 2.79. The van der Waals surface area contributed by atoms with Gasteiger partial charge in [-0.2, -0.15) is 0 Å². The number of aromatic carboxylic acids is 2. The second kappa shape index (κ2) is 23.2. The van der Waals surface area contributed by atoms with Crippen LogP contribution in [0.4, 0.5) is 0 Å². The summed E-state index contributed by atoms with van der Waals surface area (Å²) in [6.07, 6.45) is 9.65. The molecule has 0 aliphatic carbocycles. The molecule has 0 radical (unpaired) electrons. The number of carbonyl (C=O) groups is 4. The number of unbranched alkanes of at least 4 members (excludes halogenated alkanes) is 8. The van der Waals surface area contributed by atoms with Crippen LogP contribution in [0.15, 0.2) is 24.3 Å². The number of aliphatic carboxylic acids is 2. The predicted octanol–water partition coefficient (Wildman–Crippen LogP) is 3.89. The van der Waals surface area contributed by atoms with Crippen molar-refractivity contribution in [3.63, 3.8) is 0 Å². The van der Waals surface area contributed by atoms with Crippen molar-refractivity contribution < 1.29 is 49.8 Å². The van der Waals surface area contributed by atoms with Crippen LogP contribution in [0.2, 0.25) is 0 Å². The lowest BCUT2D eigenvalue weighted by Crippen LogP contribution is -1.99. The Morgan fingerprint density at radius 2 is 0.735 bits per heavy atom. The van der Waals surface area contributed by atoms with Gasteiger partial charge in [-0.05, 0) is 49.9 Å². The molecule has 0 unspecified atom stereocenters. The minimum Gasteiger partial charge on any atom is -0.481 e. The summed E-state index contributed by atoms with van der Waals surface area (Å²) >= 11 is 0. The average molecular weight is 487 g/mol. The van der Waals surface area contributed by atoms with Gasteiger partial charge < -0.3 is 30.6 Å². The molecule has 0 bridgehead atoms. The number of rotatable bonds is 16. The van der Waals surface area contributed by atoms with E-state index in [1.165, 1.54) is 24.3 Å². The second-order valence-corrected chi connectivity index (χ2v) is 7.46. The van der Waals surface area contributed by atoms with Crippen LogP contribution in [0.25, 0.3) is 0 Å². The van der Waals surface area contributed by atoms with Crippen LogP contribution in [0.3, 0.4) is 0 Å². The standard InChI is InChI=1S/C10H18O4.C8H6O4.C6H14O2/c11-9(12)7-5-3-1-2-4-6-8-10(13)14;9-7(10)5-1-2-6(4-3-5)8(11)12;7-5-3-1-2-4-6-8/h1-8H2,(H,11,12)(H,13,14);1-4H,(H,9,10)(H,11,12);7-8H,1-6H2. The highest BCUT2D eigenvalue weighted by Crippen LogP contribution is 2.08. The lowest BCUT2D eigenvalue weighted by atomic mass is 10.1. The maximum Gasteiger partial charge on any atom is 0.335 e. The smallest absolute Gasteiger partial charge is 0.335 e. The number of aliphatic hydroxyl groups is 2. The van der Waals surface area contributed by atoms with Crippen molar-refractivity contribution in [1.82, 2.24) is 0 Å². The second-order valence-electron chi connectivity index (χ2n) is 7.46. The van der Waals surface area contributed by atoms with Crippen LogP contribution in [-0.4, -0.2) is 67.7 Å². The van der Waals surface area contributed by atoms with E-state index in [4.69, 9.17) is 30.6 Å². The summed E-state index contributed by atoms with van der Waals surface area (Å²) in [7, 11) is 0. The highest BCUT2D eigenvalue weighted by atomic mass is 16.4. The maximum atomic E-state index is 10.3. The van der Waals surface area contributed by atoms with Crippen molar-refractivity contribution in [2.24, 2.45) is 0 Å². The van der Waals surface area contributed by atoms with Crippen molar-refractivity contribution in [3.8, 4) is 0 Å². The normalized spacial score (nSPS) is 9.71. The van der Waals surface area contributed by atoms with Gasteiger partial charge in [0.15, 0.2) is 0 Å². The maximum absolute atomic E-state index is 10.3. The summed E-state index contributed by atoms with van der Waals surface area (Å²) in [4.78, 5) is 41.0. The molecule has 0 heterocycles. The molecule has 194 valence electrons. The van der Waals surface area contributed by atoms with E-state index in [9.17, 15) is 19.2 Å². The van der Waals surface area contributed by atoms with E-state index >= 15 is 0 Å². The first kappa shape index (κ1) is 33.2. The molecule has 10 heteroatoms. The van der Waals surface area contributed by atoms with Crippen molar-refractivity contribution in [2.45, 2.75) is 77.0 Å². The summed E-state index contributed by atoms with van der Waals surface area (Å²) < 4.78 is 0. The van der Waals surface area contributed by atoms with E-state index in [-0.39, 0.29) is 37.2 Å². The van der Waals surface area contributed by atoms with Gasteiger partial charge in [-0.25, -0.2) is 9.59 Å². The molecule has 0 saturated heterocycles. The van der Waals surface area contributed by atoms with E-state index < -0.39 is 23.9 Å². The molecule has 1 rings (SSSR count). The van der Waals surface area contributed by atoms with Crippen LogP contribution in [0.1, 0.15) is 97.8 Å². The van der Waals surface area contributed by atoms with Crippen LogP contribution in [-0.2, 0) is 9.59 Å². The molecule has 1 aromatic rings. The minimum atomic E-state index is -1.06. The molecule has 10 nitrogen and oxygen atoms in total. The molecule has 34 heavy (non-hydrogen) atoms. The van der Waals surface area contributed by atoms with Gasteiger partial charge in [-0.3, -0.25) is 9.59 Å². The highest BCUT2D eigenvalue weighted by molar-refractivity contribution is 5.91. The van der Waals surface area contributed by atoms with Gasteiger partial charge in [0.25, 0.3) is 0 Å². The van der Waals surface area contributed by atoms with E-state index in [0.717, 1.165) is 64.2 Å². The van der Waals surface area contributed by atoms with Crippen molar-refractivity contribution in [3.05, 3.63) is 35.4 Å². The summed E-state index contributed by atoms with van der Waals surface area (Å²) in [5, 5.41) is 50.2. The Balaban J connectivity index is 0. The van der Waals surface area contributed by atoms with Crippen LogP contribution < -0.4 is 0 Å². The van der Waals surface area contributed by atoms with Gasteiger partial charge in [0, 0.05) is 26.1 Å². The zero-order chi connectivity index (χ0) is 26.2. The van der Waals surface area contributed by atoms with Crippen LogP contribution in [0, 0.1) is 0 Å². The Morgan fingerprint density at radius 1 is 0.471 bits per heavy atom. The van der Waals surface area contributed by atoms with E-state index in [0.29, 0.717) is 0 Å². The Labute approximate surface area is 199 Å². The quantitative estimate of drug-likeness (QED) is 0.187. The largest absolute Gasteiger partial charge is 0.481 e. The molecule has 6 N–H and O–H groups in total. The van der Waals surface area contributed by atoms with Crippen molar-refractivity contribution in [2.75, 3.05) is 13.2 Å². The fraction of sp³-hybridized carbons (Fsp3) is 0.583. The number of aliphatic hydroxyl groups excluding tert-OH is 2. The lowest BCUT2D eigenvalue weighted by molar-refractivity contribution is -0.138. The Morgan fingerprint density at radius 3 is 0.971 bits per heavy atom. The number of hydrogen-bond acceptors (Lipinski definition) is 6. The summed E-state index contributed by atoms with van der Waals surface area (Å²) in [6.45, 7) is 0.566. The Kier molecular flexibility index (Phi) is 22.6. The number of carboxylic acids is 4. The third-order valence-corrected chi connectivity index (χ3v) is 4.48. The van der Waals surface area contributed by atoms with Gasteiger partial charge >= 0.3 is 23.9 Å². The van der Waals surface area contributed by atoms with Crippen molar-refractivity contribution in [1.29, 1.82) is 0 Å². The van der Waals surface area contributed by atoms with E-state index in [2.05, 4.69) is 0 Å². The predicted molar refractivity (Wildman–Crippen MR) is 125 cm³/mol. The topological polar surface area (TPSA) is 190 Å². The number of benzene rings is 1. The third-order valence-electron chi connectivity index (χ3n) is 4.48. The van der Waals surface area contributed by atoms with E-state index in [1.807, 2.05) is 0 Å². The molecule has 0 aromatic heterocycles. The third kappa shape index (κ3) is 23.7. The molecular formula is C24H38O10. The molecule has 0 aliphatic rings. The molecule has 0 saturated carbocycles. The fourth-order valence-electron chi connectivity index (χ4n) is 2.59. The van der Waals surface area contributed by atoms with E-state index in [1.54, 1.807) is 0 Å². The summed E-state index contributed by atoms with van der Waals surface area (Å²) in [6, 6.07) is 5.02. The molecule has 0 atom stereocenters. The zero-order valence-corrected chi connectivity index (χ0v) is 19.5. The molecule has 0 spiro atoms. The van der Waals surface area contributed by atoms with Crippen LogP contribution >= 0.6 is 0 Å². The first-order valence-electron chi connectivity index (χ1n) is 11.4. The molecule has 0 amide bonds. The summed E-state index contributed by atoms with van der Waals surface area (Å²) in [5.74, 6) is -3.61. The molecule has 0 fully saturated rings. The Bertz CT molecular complexity index is 626. The van der Waals surface area contributed by atoms with Gasteiger partial charge in [0.1, 0.15) is 0 Å². The van der Waals surface area contributed by atoms with Crippen LogP contribution in [0.5, 0.6) is 0 Å². The monoisotopic (exact) mass is 486 g/mol. The summed E-state index contributed by atoms with van der Waals surface area (Å²) in [5.41, 5.74) is 0.167. The molecular weight excluding hydrogens is 448 g/mol. The fourth-order valence-corrected chi connectivity index (χ4v) is 2.59. The zero-order valence-electron chi connectivity index (χ0n) is 19.5. The molecule has 1 aromatic carbocycles. The highest BCUT2D eigenvalue weighted by Gasteiger charge is 2.05. The van der Waals surface area contributed by atoms with Gasteiger partial charge in [0.2, 0.25) is 0 Å². The van der Waals surface area contributed by atoms with Crippen molar-refractivity contribution >= 4 is 23.9 Å². The van der Waals surface area contributed by atoms with Gasteiger partial charge in [-0.1, -0.05) is 38.5 Å². The first-order chi connectivity index (χ1) is 16.1. The number of carboxylic acid groups (broad SMARTS) is 4. The SMILES string of the molecule is O=C(O)CCCCCCCCC(=O)O.O=C(O)c1ccc(C(=O)O)cc1.OCCCCCCO. The van der Waals surface area contributed by atoms with Gasteiger partial charge in [-0.15, -0.1) is 0 Å². The first-order valence-corrected chi connectivity index (χ1v) is 11.4. The minimum absolute atomic E-state index is 0.0833. The number of hydrogen-bond donors (Lipinski definition) is 6.